The number of para-hydroxylation sites is 1. The van der Waals surface area contributed by atoms with Crippen molar-refractivity contribution in [2.75, 3.05) is 23.4 Å². The third-order valence-corrected chi connectivity index (χ3v) is 4.77. The Morgan fingerprint density at radius 2 is 1.77 bits per heavy atom. The Kier molecular flexibility index (Phi) is 6.18. The summed E-state index contributed by atoms with van der Waals surface area (Å²) in [6.45, 7) is 0.494. The first kappa shape index (κ1) is 21.4. The molecule has 0 bridgehead atoms. The van der Waals surface area contributed by atoms with Crippen LogP contribution in [-0.2, 0) is 4.79 Å². The molecule has 1 amide bonds. The maximum Gasteiger partial charge on any atom is 0.355 e. The second-order valence-corrected chi connectivity index (χ2v) is 6.60. The number of nitro benzene ring substituents is 1. The zero-order valence-corrected chi connectivity index (χ0v) is 15.9. The summed E-state index contributed by atoms with van der Waals surface area (Å²) in [6, 6.07) is 5.23. The van der Waals surface area contributed by atoms with Crippen LogP contribution in [0.5, 0.6) is 0 Å². The first-order valence-corrected chi connectivity index (χ1v) is 9.06. The van der Waals surface area contributed by atoms with Crippen LogP contribution >= 0.6 is 0 Å². The number of piperidine rings is 1. The first-order valence-electron chi connectivity index (χ1n) is 9.06. The number of benzene rings is 1. The molecule has 1 aromatic heterocycles. The van der Waals surface area contributed by atoms with E-state index in [1.54, 1.807) is 4.90 Å². The highest BCUT2D eigenvalue weighted by Crippen LogP contribution is 2.33. The highest BCUT2D eigenvalue weighted by molar-refractivity contribution is 5.98. The lowest BCUT2D eigenvalue weighted by molar-refractivity contribution is -0.385. The fourth-order valence-electron chi connectivity index (χ4n) is 3.21. The summed E-state index contributed by atoms with van der Waals surface area (Å²) < 4.78 is 0. The molecule has 1 aromatic carbocycles. The monoisotopic (exact) mass is 431 g/mol. The maximum absolute atomic E-state index is 12.4. The normalized spacial score (nSPS) is 14.0. The van der Waals surface area contributed by atoms with Crippen LogP contribution in [0.3, 0.4) is 0 Å². The third-order valence-electron chi connectivity index (χ3n) is 4.77. The minimum Gasteiger partial charge on any atom is -0.481 e. The molecule has 0 unspecified atom stereocenters. The molecule has 0 spiro atoms. The van der Waals surface area contributed by atoms with Crippen LogP contribution in [0.15, 0.2) is 30.6 Å². The number of anilines is 2. The van der Waals surface area contributed by atoms with E-state index in [0.717, 1.165) is 12.4 Å². The predicted octanol–water partition coefficient (Wildman–Crippen LogP) is 1.35. The van der Waals surface area contributed by atoms with Gasteiger partial charge in [-0.3, -0.25) is 40.7 Å². The van der Waals surface area contributed by atoms with Crippen molar-refractivity contribution < 1.29 is 24.5 Å². The van der Waals surface area contributed by atoms with E-state index in [1.807, 2.05) is 0 Å². The number of hydrogen-bond donors (Lipinski definition) is 3. The van der Waals surface area contributed by atoms with Crippen LogP contribution < -0.4 is 15.8 Å². The number of carboxylic acid groups (broad SMARTS) is 1. The third kappa shape index (κ3) is 4.63. The minimum atomic E-state index is -0.920. The van der Waals surface area contributed by atoms with Crippen molar-refractivity contribution in [1.82, 2.24) is 15.4 Å². The highest BCUT2D eigenvalue weighted by Gasteiger charge is 2.32. The van der Waals surface area contributed by atoms with Gasteiger partial charge in [-0.1, -0.05) is 12.1 Å². The molecule has 1 aliphatic heterocycles. The zero-order chi connectivity index (χ0) is 22.5. The minimum absolute atomic E-state index is 0.0220. The lowest BCUT2D eigenvalue weighted by atomic mass is 9.97. The topological polar surface area (TPSA) is 194 Å². The molecular formula is C17H17N7O7. The van der Waals surface area contributed by atoms with Gasteiger partial charge in [0.05, 0.1) is 15.8 Å². The smallest absolute Gasteiger partial charge is 0.355 e. The van der Waals surface area contributed by atoms with Gasteiger partial charge in [-0.25, -0.2) is 9.97 Å². The molecule has 3 N–H and O–H groups in total. The molecule has 31 heavy (non-hydrogen) atoms. The summed E-state index contributed by atoms with van der Waals surface area (Å²) in [4.78, 5) is 54.1. The Hall–Kier alpha value is -4.36. The van der Waals surface area contributed by atoms with E-state index in [9.17, 15) is 29.8 Å². The van der Waals surface area contributed by atoms with Gasteiger partial charge in [0.2, 0.25) is 11.6 Å². The molecule has 2 aromatic rings. The fourth-order valence-corrected chi connectivity index (χ4v) is 3.21. The van der Waals surface area contributed by atoms with Gasteiger partial charge in [0.25, 0.3) is 11.6 Å². The van der Waals surface area contributed by atoms with Crippen LogP contribution in [-0.4, -0.2) is 49.9 Å². The first-order chi connectivity index (χ1) is 14.8. The largest absolute Gasteiger partial charge is 0.481 e. The van der Waals surface area contributed by atoms with Crippen molar-refractivity contribution in [3.05, 3.63) is 56.4 Å². The van der Waals surface area contributed by atoms with Gasteiger partial charge < -0.3 is 10.0 Å². The summed E-state index contributed by atoms with van der Waals surface area (Å²) in [5.74, 6) is -2.68. The highest BCUT2D eigenvalue weighted by atomic mass is 16.6. The van der Waals surface area contributed by atoms with Crippen LogP contribution in [0.2, 0.25) is 0 Å². The number of aliphatic carboxylic acids is 1. The molecule has 1 fully saturated rings. The van der Waals surface area contributed by atoms with Crippen LogP contribution in [0, 0.1) is 26.1 Å². The number of nitrogens with zero attached hydrogens (tertiary/aromatic N) is 5. The number of nitrogens with one attached hydrogen (secondary N) is 2. The molecule has 1 saturated heterocycles. The number of rotatable bonds is 7. The summed E-state index contributed by atoms with van der Waals surface area (Å²) >= 11 is 0. The molecule has 0 atom stereocenters. The number of nitro groups is 2. The zero-order valence-electron chi connectivity index (χ0n) is 15.9. The second kappa shape index (κ2) is 8.98. The van der Waals surface area contributed by atoms with Crippen molar-refractivity contribution in [2.45, 2.75) is 12.8 Å². The van der Waals surface area contributed by atoms with E-state index in [-0.39, 0.29) is 30.3 Å². The number of carbonyl (C=O) groups is 2. The summed E-state index contributed by atoms with van der Waals surface area (Å²) in [5, 5.41) is 31.9. The molecule has 3 rings (SSSR count). The van der Waals surface area contributed by atoms with E-state index >= 15 is 0 Å². The van der Waals surface area contributed by atoms with Crippen molar-refractivity contribution in [1.29, 1.82) is 0 Å². The number of aromatic nitrogens is 2. The van der Waals surface area contributed by atoms with E-state index in [0.29, 0.717) is 12.8 Å². The van der Waals surface area contributed by atoms with Gasteiger partial charge in [0.15, 0.2) is 0 Å². The van der Waals surface area contributed by atoms with Crippen molar-refractivity contribution in [2.24, 2.45) is 5.92 Å². The molecule has 14 heteroatoms. The molecular weight excluding hydrogens is 414 g/mol. The summed E-state index contributed by atoms with van der Waals surface area (Å²) in [7, 11) is 0. The Labute approximate surface area is 174 Å². The Morgan fingerprint density at radius 1 is 1.10 bits per heavy atom. The van der Waals surface area contributed by atoms with E-state index in [2.05, 4.69) is 20.8 Å². The standard InChI is InChI=1S/C17H17N7O7/c25-16(11-3-1-2-4-12(11)23(28)29)21-20-14-13(24(30)31)15(19-9-18-14)22-7-5-10(6-8-22)17(26)27/h1-4,9-10H,5-8H2,(H,21,25)(H,26,27)(H,18,19,20). The van der Waals surface area contributed by atoms with Crippen LogP contribution in [0.25, 0.3) is 0 Å². The molecule has 1 aliphatic rings. The quantitative estimate of drug-likeness (QED) is 0.423. The number of hydrazine groups is 1. The van der Waals surface area contributed by atoms with Gasteiger partial charge >= 0.3 is 11.7 Å². The van der Waals surface area contributed by atoms with Gasteiger partial charge in [0.1, 0.15) is 11.9 Å². The van der Waals surface area contributed by atoms with E-state index in [1.165, 1.54) is 18.2 Å². The SMILES string of the molecule is O=C(NNc1ncnc(N2CCC(C(=O)O)CC2)c1[N+](=O)[O-])c1ccccc1[N+](=O)[O-]. The lowest BCUT2D eigenvalue weighted by Crippen LogP contribution is -2.37. The number of hydrogen-bond acceptors (Lipinski definition) is 10. The average Bonchev–Trinajstić information content (AvgIpc) is 2.77. The molecule has 162 valence electrons. The van der Waals surface area contributed by atoms with Crippen molar-refractivity contribution in [3.63, 3.8) is 0 Å². The molecule has 2 heterocycles. The molecule has 0 aliphatic carbocycles. The van der Waals surface area contributed by atoms with Crippen LogP contribution in [0.1, 0.15) is 23.2 Å². The Balaban J connectivity index is 1.81. The fraction of sp³-hybridized carbons (Fsp3) is 0.294. The van der Waals surface area contributed by atoms with Crippen molar-refractivity contribution >= 4 is 34.9 Å². The number of carboxylic acids is 1. The molecule has 0 radical (unpaired) electrons. The Morgan fingerprint density at radius 3 is 2.39 bits per heavy atom. The summed E-state index contributed by atoms with van der Waals surface area (Å²) in [6.07, 6.45) is 1.66. The second-order valence-electron chi connectivity index (χ2n) is 6.60. The number of carbonyl (C=O) groups excluding carboxylic acids is 1. The number of amides is 1. The maximum atomic E-state index is 12.4. The van der Waals surface area contributed by atoms with E-state index < -0.39 is 39.0 Å². The lowest BCUT2D eigenvalue weighted by Gasteiger charge is -2.30. The van der Waals surface area contributed by atoms with Crippen molar-refractivity contribution in [3.8, 4) is 0 Å². The molecule has 0 saturated carbocycles. The van der Waals surface area contributed by atoms with Crippen LogP contribution in [0.4, 0.5) is 23.0 Å². The molecule has 14 nitrogen and oxygen atoms in total. The van der Waals surface area contributed by atoms with Gasteiger partial charge in [-0.15, -0.1) is 0 Å². The summed E-state index contributed by atoms with van der Waals surface area (Å²) in [5.41, 5.74) is 3.32. The van der Waals surface area contributed by atoms with Gasteiger partial charge in [0, 0.05) is 19.2 Å². The van der Waals surface area contributed by atoms with Gasteiger partial charge in [-0.05, 0) is 18.9 Å². The Bertz CT molecular complexity index is 1040. The predicted molar refractivity (Wildman–Crippen MR) is 105 cm³/mol. The van der Waals surface area contributed by atoms with E-state index in [4.69, 9.17) is 5.11 Å². The van der Waals surface area contributed by atoms with Gasteiger partial charge in [-0.2, -0.15) is 0 Å². The average molecular weight is 431 g/mol.